The maximum atomic E-state index is 10.6. The normalized spacial score (nSPS) is 25.1. The standard InChI is InChI=1S/C10H16O6/c1-6(10(12)13)3-7(15-5-14-2)9-8(4-11)16-9/h7-9,11H,1,3-5H2,2H3,(H,12,13)/t7?,8-,9+/m1/s1. The van der Waals surface area contributed by atoms with Crippen molar-refractivity contribution in [1.82, 2.24) is 0 Å². The minimum Gasteiger partial charge on any atom is -0.478 e. The van der Waals surface area contributed by atoms with Gasteiger partial charge < -0.3 is 24.4 Å². The third-order valence-electron chi connectivity index (χ3n) is 2.32. The number of carboxylic acid groups (broad SMARTS) is 1. The van der Waals surface area contributed by atoms with Gasteiger partial charge in [-0.15, -0.1) is 0 Å². The van der Waals surface area contributed by atoms with Crippen molar-refractivity contribution in [2.24, 2.45) is 0 Å². The lowest BCUT2D eigenvalue weighted by atomic mass is 10.1. The van der Waals surface area contributed by atoms with Crippen molar-refractivity contribution in [2.75, 3.05) is 20.5 Å². The zero-order valence-corrected chi connectivity index (χ0v) is 9.09. The highest BCUT2D eigenvalue weighted by Gasteiger charge is 2.45. The topological polar surface area (TPSA) is 88.5 Å². The van der Waals surface area contributed by atoms with E-state index in [0.717, 1.165) is 0 Å². The lowest BCUT2D eigenvalue weighted by Crippen LogP contribution is -2.25. The Bertz CT molecular complexity index is 264. The molecule has 1 rings (SSSR count). The summed E-state index contributed by atoms with van der Waals surface area (Å²) in [6.07, 6.45) is -0.847. The molecule has 6 nitrogen and oxygen atoms in total. The van der Waals surface area contributed by atoms with Crippen molar-refractivity contribution in [3.05, 3.63) is 12.2 Å². The molecule has 0 saturated carbocycles. The summed E-state index contributed by atoms with van der Waals surface area (Å²) < 4.78 is 15.2. The number of rotatable bonds is 8. The van der Waals surface area contributed by atoms with Gasteiger partial charge in [0, 0.05) is 19.1 Å². The van der Waals surface area contributed by atoms with E-state index in [9.17, 15) is 4.79 Å². The molecule has 0 radical (unpaired) electrons. The third-order valence-corrected chi connectivity index (χ3v) is 2.32. The molecule has 1 aliphatic rings. The van der Waals surface area contributed by atoms with E-state index < -0.39 is 12.1 Å². The smallest absolute Gasteiger partial charge is 0.331 e. The highest BCUT2D eigenvalue weighted by atomic mass is 16.7. The fraction of sp³-hybridized carbons (Fsp3) is 0.700. The lowest BCUT2D eigenvalue weighted by Gasteiger charge is -2.15. The zero-order valence-electron chi connectivity index (χ0n) is 9.09. The van der Waals surface area contributed by atoms with Crippen LogP contribution in [0.5, 0.6) is 0 Å². The first-order chi connectivity index (χ1) is 7.60. The SMILES string of the molecule is C=C(CC(OCOC)[C@@H]1O[C@@H]1CO)C(=O)O. The molecule has 1 aliphatic heterocycles. The molecule has 0 aromatic carbocycles. The molecule has 0 bridgehead atoms. The fourth-order valence-electron chi connectivity index (χ4n) is 1.39. The second-order valence-electron chi connectivity index (χ2n) is 3.55. The first-order valence-corrected chi connectivity index (χ1v) is 4.88. The average molecular weight is 232 g/mol. The number of aliphatic hydroxyl groups is 1. The van der Waals surface area contributed by atoms with Crippen molar-refractivity contribution < 1.29 is 29.2 Å². The number of carbonyl (C=O) groups is 1. The molecule has 2 N–H and O–H groups in total. The van der Waals surface area contributed by atoms with E-state index in [2.05, 4.69) is 6.58 Å². The van der Waals surface area contributed by atoms with Crippen molar-refractivity contribution in [1.29, 1.82) is 0 Å². The highest BCUT2D eigenvalue weighted by Crippen LogP contribution is 2.30. The van der Waals surface area contributed by atoms with E-state index in [-0.39, 0.29) is 37.6 Å². The Morgan fingerprint density at radius 1 is 1.62 bits per heavy atom. The van der Waals surface area contributed by atoms with Crippen LogP contribution >= 0.6 is 0 Å². The largest absolute Gasteiger partial charge is 0.478 e. The zero-order chi connectivity index (χ0) is 12.1. The van der Waals surface area contributed by atoms with E-state index in [0.29, 0.717) is 0 Å². The summed E-state index contributed by atoms with van der Waals surface area (Å²) in [5.41, 5.74) is 0.0493. The van der Waals surface area contributed by atoms with E-state index in [1.54, 1.807) is 0 Å². The van der Waals surface area contributed by atoms with Crippen LogP contribution in [-0.2, 0) is 19.0 Å². The fourth-order valence-corrected chi connectivity index (χ4v) is 1.39. The molecule has 92 valence electrons. The molecule has 0 amide bonds. The minimum atomic E-state index is -1.06. The summed E-state index contributed by atoms with van der Waals surface area (Å²) >= 11 is 0. The second kappa shape index (κ2) is 5.95. The van der Waals surface area contributed by atoms with E-state index in [1.807, 2.05) is 0 Å². The van der Waals surface area contributed by atoms with Gasteiger partial charge in [-0.25, -0.2) is 4.79 Å². The van der Waals surface area contributed by atoms with Gasteiger partial charge in [0.05, 0.1) is 12.7 Å². The molecule has 1 saturated heterocycles. The van der Waals surface area contributed by atoms with Gasteiger partial charge in [-0.05, 0) is 0 Å². The summed E-state index contributed by atoms with van der Waals surface area (Å²) in [7, 11) is 1.47. The summed E-state index contributed by atoms with van der Waals surface area (Å²) in [5, 5.41) is 17.5. The van der Waals surface area contributed by atoms with Gasteiger partial charge in [-0.1, -0.05) is 6.58 Å². The monoisotopic (exact) mass is 232 g/mol. The molecule has 0 spiro atoms. The van der Waals surface area contributed by atoms with E-state index in [1.165, 1.54) is 7.11 Å². The number of hydrogen-bond acceptors (Lipinski definition) is 5. The number of hydrogen-bond donors (Lipinski definition) is 2. The number of aliphatic carboxylic acids is 1. The van der Waals surface area contributed by atoms with Crippen LogP contribution in [0.2, 0.25) is 0 Å². The summed E-state index contributed by atoms with van der Waals surface area (Å²) in [6, 6.07) is 0. The Morgan fingerprint density at radius 2 is 2.31 bits per heavy atom. The average Bonchev–Trinajstić information content (AvgIpc) is 3.02. The summed E-state index contributed by atoms with van der Waals surface area (Å²) in [4.78, 5) is 10.6. The third kappa shape index (κ3) is 3.57. The number of methoxy groups -OCH3 is 1. The van der Waals surface area contributed by atoms with Crippen molar-refractivity contribution in [3.8, 4) is 0 Å². The molecule has 0 aliphatic carbocycles. The van der Waals surface area contributed by atoms with E-state index >= 15 is 0 Å². The molecule has 0 aromatic rings. The molecular formula is C10H16O6. The van der Waals surface area contributed by atoms with Crippen LogP contribution in [0.3, 0.4) is 0 Å². The molecule has 16 heavy (non-hydrogen) atoms. The Morgan fingerprint density at radius 3 is 2.75 bits per heavy atom. The molecule has 3 atom stereocenters. The number of carboxylic acids is 1. The van der Waals surface area contributed by atoms with Gasteiger partial charge in [0.15, 0.2) is 0 Å². The van der Waals surface area contributed by atoms with Crippen LogP contribution < -0.4 is 0 Å². The summed E-state index contributed by atoms with van der Waals surface area (Å²) in [5.74, 6) is -1.06. The predicted octanol–water partition coefficient (Wildman–Crippen LogP) is -0.234. The Balaban J connectivity index is 2.45. The molecule has 1 fully saturated rings. The predicted molar refractivity (Wildman–Crippen MR) is 53.9 cm³/mol. The second-order valence-corrected chi connectivity index (χ2v) is 3.55. The lowest BCUT2D eigenvalue weighted by molar-refractivity contribution is -0.133. The maximum absolute atomic E-state index is 10.6. The van der Waals surface area contributed by atoms with Crippen LogP contribution in [0.15, 0.2) is 12.2 Å². The first kappa shape index (κ1) is 13.1. The molecular weight excluding hydrogens is 216 g/mol. The van der Waals surface area contributed by atoms with Crippen molar-refractivity contribution in [3.63, 3.8) is 0 Å². The Hall–Kier alpha value is -0.950. The quantitative estimate of drug-likeness (QED) is 0.341. The van der Waals surface area contributed by atoms with Gasteiger partial charge in [0.1, 0.15) is 19.0 Å². The van der Waals surface area contributed by atoms with Gasteiger partial charge in [-0.2, -0.15) is 0 Å². The maximum Gasteiger partial charge on any atom is 0.331 e. The van der Waals surface area contributed by atoms with Crippen molar-refractivity contribution in [2.45, 2.75) is 24.7 Å². The van der Waals surface area contributed by atoms with Crippen LogP contribution in [0.1, 0.15) is 6.42 Å². The van der Waals surface area contributed by atoms with Gasteiger partial charge in [0.25, 0.3) is 0 Å². The van der Waals surface area contributed by atoms with Crippen LogP contribution in [-0.4, -0.2) is 55.0 Å². The van der Waals surface area contributed by atoms with Gasteiger partial charge in [-0.3, -0.25) is 0 Å². The highest BCUT2D eigenvalue weighted by molar-refractivity contribution is 5.85. The van der Waals surface area contributed by atoms with Crippen LogP contribution in [0, 0.1) is 0 Å². The molecule has 6 heteroatoms. The number of epoxide rings is 1. The minimum absolute atomic E-state index is 0.0493. The van der Waals surface area contributed by atoms with E-state index in [4.69, 9.17) is 24.4 Å². The molecule has 1 unspecified atom stereocenters. The van der Waals surface area contributed by atoms with Gasteiger partial charge in [0.2, 0.25) is 0 Å². The van der Waals surface area contributed by atoms with Crippen LogP contribution in [0.4, 0.5) is 0 Å². The first-order valence-electron chi connectivity index (χ1n) is 4.88. The Labute approximate surface area is 93.4 Å². The Kier molecular flexibility index (Phi) is 4.88. The molecule has 0 aromatic heterocycles. The van der Waals surface area contributed by atoms with Crippen molar-refractivity contribution >= 4 is 5.97 Å². The number of aliphatic hydroxyl groups excluding tert-OH is 1. The number of ether oxygens (including phenoxy) is 3. The summed E-state index contributed by atoms with van der Waals surface area (Å²) in [6.45, 7) is 3.38. The van der Waals surface area contributed by atoms with Gasteiger partial charge >= 0.3 is 5.97 Å². The molecule has 1 heterocycles. The van der Waals surface area contributed by atoms with Crippen LogP contribution in [0.25, 0.3) is 0 Å².